The van der Waals surface area contributed by atoms with E-state index >= 15 is 0 Å². The molecule has 28 heavy (non-hydrogen) atoms. The molecule has 8 aliphatic carbocycles. The van der Waals surface area contributed by atoms with Gasteiger partial charge in [0.05, 0.1) is 5.41 Å². The van der Waals surface area contributed by atoms with Crippen LogP contribution in [-0.4, -0.2) is 23.3 Å². The Morgan fingerprint density at radius 3 is 2.11 bits per heavy atom. The summed E-state index contributed by atoms with van der Waals surface area (Å²) in [4.78, 5) is 0. The van der Waals surface area contributed by atoms with Gasteiger partial charge in [-0.15, -0.1) is 0 Å². The number of hydrogen-bond acceptors (Lipinski definition) is 2. The van der Waals surface area contributed by atoms with Gasteiger partial charge in [-0.1, -0.05) is 13.8 Å². The fourth-order valence-electron chi connectivity index (χ4n) is 10.7. The molecule has 3 N–H and O–H groups in total. The molecule has 0 radical (unpaired) electrons. The van der Waals surface area contributed by atoms with Crippen LogP contribution in [0.5, 0.6) is 0 Å². The standard InChI is InChI=1S/C23H35F3N2/c1-18-8-16-9-21(27,11-18)12-19(2,10-18)17(16)28-22-6-14-3-15(7-22)5-20(4-14,13-22)23(24,25)26/h14-17,28H,3-13,27H2,1-2H3. The van der Waals surface area contributed by atoms with Crippen molar-refractivity contribution in [2.75, 3.05) is 0 Å². The summed E-state index contributed by atoms with van der Waals surface area (Å²) in [6.45, 7) is 4.78. The second kappa shape index (κ2) is 4.95. The normalized spacial score (nSPS) is 61.9. The molecule has 0 saturated heterocycles. The first kappa shape index (κ1) is 18.5. The van der Waals surface area contributed by atoms with E-state index in [0.29, 0.717) is 36.6 Å². The Balaban J connectivity index is 1.33. The highest BCUT2D eigenvalue weighted by Gasteiger charge is 2.69. The third kappa shape index (κ3) is 2.35. The summed E-state index contributed by atoms with van der Waals surface area (Å²) in [6.07, 6.45) is 5.59. The third-order valence-corrected chi connectivity index (χ3v) is 10.1. The van der Waals surface area contributed by atoms with Crippen molar-refractivity contribution in [1.82, 2.24) is 5.32 Å². The number of nitrogens with one attached hydrogen (secondary N) is 1. The summed E-state index contributed by atoms with van der Waals surface area (Å²) < 4.78 is 42.5. The topological polar surface area (TPSA) is 38.0 Å². The fraction of sp³-hybridized carbons (Fsp3) is 1.00. The Labute approximate surface area is 166 Å². The molecule has 8 rings (SSSR count). The van der Waals surface area contributed by atoms with Crippen LogP contribution in [0.25, 0.3) is 0 Å². The van der Waals surface area contributed by atoms with E-state index in [0.717, 1.165) is 38.5 Å². The van der Waals surface area contributed by atoms with Crippen molar-refractivity contribution in [2.24, 2.45) is 39.7 Å². The molecule has 158 valence electrons. The van der Waals surface area contributed by atoms with E-state index < -0.39 is 11.6 Å². The maximum Gasteiger partial charge on any atom is 0.394 e. The van der Waals surface area contributed by atoms with Gasteiger partial charge in [-0.2, -0.15) is 13.2 Å². The molecule has 8 saturated carbocycles. The number of halogens is 3. The molecule has 5 heteroatoms. The first-order valence-electron chi connectivity index (χ1n) is 11.5. The van der Waals surface area contributed by atoms with Gasteiger partial charge in [0.2, 0.25) is 0 Å². The van der Waals surface area contributed by atoms with Gasteiger partial charge in [0, 0.05) is 17.1 Å². The zero-order valence-electron chi connectivity index (χ0n) is 17.3. The summed E-state index contributed by atoms with van der Waals surface area (Å²) in [6, 6.07) is 0.346. The number of alkyl halides is 3. The molecule has 8 bridgehead atoms. The summed E-state index contributed by atoms with van der Waals surface area (Å²) in [7, 11) is 0. The minimum atomic E-state index is -4.06. The molecule has 0 aliphatic heterocycles. The Bertz CT molecular complexity index is 683. The van der Waals surface area contributed by atoms with Gasteiger partial charge < -0.3 is 11.1 Å². The van der Waals surface area contributed by atoms with Gasteiger partial charge in [0.25, 0.3) is 0 Å². The van der Waals surface area contributed by atoms with Crippen LogP contribution in [0.15, 0.2) is 0 Å². The second-order valence-electron chi connectivity index (χ2n) is 13.2. The van der Waals surface area contributed by atoms with E-state index in [4.69, 9.17) is 5.73 Å². The van der Waals surface area contributed by atoms with E-state index in [2.05, 4.69) is 19.2 Å². The average molecular weight is 397 g/mol. The summed E-state index contributed by atoms with van der Waals surface area (Å²) >= 11 is 0. The Morgan fingerprint density at radius 1 is 0.857 bits per heavy atom. The van der Waals surface area contributed by atoms with Gasteiger partial charge in [0.15, 0.2) is 0 Å². The molecule has 0 amide bonds. The molecule has 7 unspecified atom stereocenters. The molecule has 0 heterocycles. The van der Waals surface area contributed by atoms with Crippen LogP contribution in [0.2, 0.25) is 0 Å². The highest BCUT2D eigenvalue weighted by atomic mass is 19.4. The molecule has 0 aromatic rings. The van der Waals surface area contributed by atoms with Gasteiger partial charge in [-0.25, -0.2) is 0 Å². The zero-order chi connectivity index (χ0) is 19.8. The Hall–Kier alpha value is -0.290. The van der Waals surface area contributed by atoms with Crippen LogP contribution in [0.3, 0.4) is 0 Å². The summed E-state index contributed by atoms with van der Waals surface area (Å²) in [5.74, 6) is 1.06. The van der Waals surface area contributed by atoms with E-state index in [1.54, 1.807) is 0 Å². The number of hydrogen-bond donors (Lipinski definition) is 2. The zero-order valence-corrected chi connectivity index (χ0v) is 17.3. The van der Waals surface area contributed by atoms with Crippen LogP contribution in [-0.2, 0) is 0 Å². The smallest absolute Gasteiger partial charge is 0.325 e. The van der Waals surface area contributed by atoms with Crippen molar-refractivity contribution in [2.45, 2.75) is 108 Å². The monoisotopic (exact) mass is 396 g/mol. The molecule has 0 aromatic carbocycles. The predicted octanol–water partition coefficient (Wildman–Crippen LogP) is 5.16. The Kier molecular flexibility index (Phi) is 3.27. The SMILES string of the molecule is CC12CC3CC(N)(C1)CC(C)(C2)C3NC12CC3CC(C1)CC(C(F)(F)F)(C3)C2. The molecule has 0 spiro atoms. The van der Waals surface area contributed by atoms with Gasteiger partial charge >= 0.3 is 6.18 Å². The van der Waals surface area contributed by atoms with Gasteiger partial charge in [-0.05, 0) is 99.2 Å². The van der Waals surface area contributed by atoms with Crippen molar-refractivity contribution < 1.29 is 13.2 Å². The molecule has 0 aromatic heterocycles. The van der Waals surface area contributed by atoms with Crippen molar-refractivity contribution in [3.05, 3.63) is 0 Å². The van der Waals surface area contributed by atoms with Crippen LogP contribution >= 0.6 is 0 Å². The van der Waals surface area contributed by atoms with Gasteiger partial charge in [-0.3, -0.25) is 0 Å². The van der Waals surface area contributed by atoms with Crippen molar-refractivity contribution in [3.63, 3.8) is 0 Å². The minimum absolute atomic E-state index is 0.0441. The lowest BCUT2D eigenvalue weighted by Crippen LogP contribution is -2.75. The van der Waals surface area contributed by atoms with Crippen LogP contribution in [0, 0.1) is 34.0 Å². The molecule has 8 aliphatic rings. The second-order valence-corrected chi connectivity index (χ2v) is 13.2. The van der Waals surface area contributed by atoms with Crippen molar-refractivity contribution in [1.29, 1.82) is 0 Å². The van der Waals surface area contributed by atoms with Crippen LogP contribution in [0.4, 0.5) is 13.2 Å². The van der Waals surface area contributed by atoms with E-state index in [9.17, 15) is 13.2 Å². The highest BCUT2D eigenvalue weighted by molar-refractivity contribution is 5.21. The van der Waals surface area contributed by atoms with Crippen molar-refractivity contribution in [3.8, 4) is 0 Å². The van der Waals surface area contributed by atoms with E-state index in [1.165, 1.54) is 12.8 Å². The first-order chi connectivity index (χ1) is 12.8. The quantitative estimate of drug-likeness (QED) is 0.676. The summed E-state index contributed by atoms with van der Waals surface area (Å²) in [5, 5.41) is 4.02. The first-order valence-corrected chi connectivity index (χ1v) is 11.5. The predicted molar refractivity (Wildman–Crippen MR) is 103 cm³/mol. The molecular formula is C23H35F3N2. The highest BCUT2D eigenvalue weighted by Crippen LogP contribution is 2.69. The lowest BCUT2D eigenvalue weighted by Gasteiger charge is -2.70. The fourth-order valence-corrected chi connectivity index (χ4v) is 10.7. The third-order valence-electron chi connectivity index (χ3n) is 10.1. The molecule has 8 fully saturated rings. The maximum atomic E-state index is 14.2. The lowest BCUT2D eigenvalue weighted by molar-refractivity contribution is -0.281. The van der Waals surface area contributed by atoms with Gasteiger partial charge in [0.1, 0.15) is 0 Å². The van der Waals surface area contributed by atoms with E-state index in [-0.39, 0.29) is 28.3 Å². The number of rotatable bonds is 2. The largest absolute Gasteiger partial charge is 0.394 e. The van der Waals surface area contributed by atoms with Crippen molar-refractivity contribution >= 4 is 0 Å². The Morgan fingerprint density at radius 2 is 1.54 bits per heavy atom. The maximum absolute atomic E-state index is 14.2. The van der Waals surface area contributed by atoms with Crippen LogP contribution < -0.4 is 11.1 Å². The molecular weight excluding hydrogens is 361 g/mol. The minimum Gasteiger partial charge on any atom is -0.325 e. The summed E-state index contributed by atoms with van der Waals surface area (Å²) in [5.41, 5.74) is 5.53. The number of nitrogens with two attached hydrogens (primary N) is 1. The van der Waals surface area contributed by atoms with E-state index in [1.807, 2.05) is 0 Å². The van der Waals surface area contributed by atoms with Crippen LogP contribution in [0.1, 0.15) is 84.5 Å². The lowest BCUT2D eigenvalue weighted by atomic mass is 9.40. The molecule has 7 atom stereocenters. The molecule has 2 nitrogen and oxygen atoms in total. The average Bonchev–Trinajstić information content (AvgIpc) is 2.45.